The quantitative estimate of drug-likeness (QED) is 0.605. The molecule has 150 valence electrons. The maximum atomic E-state index is 12.4. The molecule has 29 heavy (non-hydrogen) atoms. The number of thioether (sulfide) groups is 1. The summed E-state index contributed by atoms with van der Waals surface area (Å²) in [5.41, 5.74) is 1.55. The van der Waals surface area contributed by atoms with Crippen LogP contribution in [0.5, 0.6) is 0 Å². The maximum Gasteiger partial charge on any atom is 0.234 e. The van der Waals surface area contributed by atoms with E-state index in [9.17, 15) is 4.79 Å². The van der Waals surface area contributed by atoms with Gasteiger partial charge in [-0.05, 0) is 24.3 Å². The van der Waals surface area contributed by atoms with Crippen molar-refractivity contribution in [1.82, 2.24) is 14.8 Å². The van der Waals surface area contributed by atoms with Gasteiger partial charge in [0.05, 0.1) is 35.4 Å². The first-order valence-electron chi connectivity index (χ1n) is 9.23. The molecule has 1 aromatic heterocycles. The van der Waals surface area contributed by atoms with Crippen molar-refractivity contribution >= 4 is 40.9 Å². The van der Waals surface area contributed by atoms with E-state index in [0.29, 0.717) is 29.1 Å². The molecule has 0 bridgehead atoms. The summed E-state index contributed by atoms with van der Waals surface area (Å²) in [4.78, 5) is 14.6. The van der Waals surface area contributed by atoms with E-state index in [1.54, 1.807) is 12.1 Å². The maximum absolute atomic E-state index is 12.4. The molecule has 0 spiro atoms. The number of nitrogens with one attached hydrogen (secondary N) is 1. The third-order valence-electron chi connectivity index (χ3n) is 4.40. The first-order valence-corrected chi connectivity index (χ1v) is 10.6. The van der Waals surface area contributed by atoms with Gasteiger partial charge in [-0.25, -0.2) is 0 Å². The third kappa shape index (κ3) is 4.72. The molecule has 1 aliphatic rings. The Balaban J connectivity index is 1.53. The van der Waals surface area contributed by atoms with E-state index in [4.69, 9.17) is 16.3 Å². The predicted molar refractivity (Wildman–Crippen MR) is 115 cm³/mol. The SMILES string of the molecule is O=C(CSc1nnc(N2CCOCC2)n1-c1ccccc1)Nc1ccccc1Cl. The molecule has 2 heterocycles. The molecule has 1 N–H and O–H groups in total. The monoisotopic (exact) mass is 429 g/mol. The van der Waals surface area contributed by atoms with Crippen LogP contribution in [0.2, 0.25) is 5.02 Å². The molecular weight excluding hydrogens is 410 g/mol. The highest BCUT2D eigenvalue weighted by Crippen LogP contribution is 2.27. The van der Waals surface area contributed by atoms with Crippen LogP contribution in [0.3, 0.4) is 0 Å². The Morgan fingerprint density at radius 1 is 1.07 bits per heavy atom. The zero-order chi connectivity index (χ0) is 20.1. The number of hydrogen-bond donors (Lipinski definition) is 1. The van der Waals surface area contributed by atoms with Gasteiger partial charge >= 0.3 is 0 Å². The Bertz CT molecular complexity index is 976. The van der Waals surface area contributed by atoms with Crippen molar-refractivity contribution in [3.8, 4) is 5.69 Å². The second-order valence-corrected chi connectivity index (χ2v) is 7.72. The number of aromatic nitrogens is 3. The van der Waals surface area contributed by atoms with Gasteiger partial charge in [0.2, 0.25) is 11.9 Å². The zero-order valence-corrected chi connectivity index (χ0v) is 17.2. The lowest BCUT2D eigenvalue weighted by molar-refractivity contribution is -0.113. The van der Waals surface area contributed by atoms with E-state index < -0.39 is 0 Å². The van der Waals surface area contributed by atoms with Gasteiger partial charge in [0, 0.05) is 13.1 Å². The Hall–Kier alpha value is -2.55. The van der Waals surface area contributed by atoms with Gasteiger partial charge < -0.3 is 15.0 Å². The van der Waals surface area contributed by atoms with Gasteiger partial charge in [0.25, 0.3) is 0 Å². The molecule has 0 aliphatic carbocycles. The van der Waals surface area contributed by atoms with E-state index in [0.717, 1.165) is 24.7 Å². The van der Waals surface area contributed by atoms with Gasteiger partial charge in [-0.1, -0.05) is 53.7 Å². The van der Waals surface area contributed by atoms with Crippen LogP contribution in [0.25, 0.3) is 5.69 Å². The van der Waals surface area contributed by atoms with Crippen LogP contribution in [0, 0.1) is 0 Å². The van der Waals surface area contributed by atoms with Crippen LogP contribution < -0.4 is 10.2 Å². The average molecular weight is 430 g/mol. The molecule has 0 saturated carbocycles. The fraction of sp³-hybridized carbons (Fsp3) is 0.250. The Morgan fingerprint density at radius 2 is 1.79 bits per heavy atom. The number of hydrogen-bond acceptors (Lipinski definition) is 6. The molecule has 1 saturated heterocycles. The highest BCUT2D eigenvalue weighted by molar-refractivity contribution is 7.99. The summed E-state index contributed by atoms with van der Waals surface area (Å²) < 4.78 is 7.44. The van der Waals surface area contributed by atoms with Gasteiger partial charge in [-0.15, -0.1) is 10.2 Å². The number of benzene rings is 2. The lowest BCUT2D eigenvalue weighted by atomic mass is 10.3. The molecule has 1 fully saturated rings. The summed E-state index contributed by atoms with van der Waals surface area (Å²) in [6.45, 7) is 2.82. The van der Waals surface area contributed by atoms with Crippen LogP contribution >= 0.6 is 23.4 Å². The van der Waals surface area contributed by atoms with Crippen LogP contribution in [0.15, 0.2) is 59.8 Å². The lowest BCUT2D eigenvalue weighted by Crippen LogP contribution is -2.37. The molecule has 0 unspecified atom stereocenters. The largest absolute Gasteiger partial charge is 0.378 e. The smallest absolute Gasteiger partial charge is 0.234 e. The zero-order valence-electron chi connectivity index (χ0n) is 15.6. The molecule has 0 radical (unpaired) electrons. The molecule has 0 atom stereocenters. The molecule has 2 aromatic carbocycles. The van der Waals surface area contributed by atoms with Gasteiger partial charge in [-0.3, -0.25) is 9.36 Å². The predicted octanol–water partition coefficient (Wildman–Crippen LogP) is 3.49. The fourth-order valence-corrected chi connectivity index (χ4v) is 3.94. The van der Waals surface area contributed by atoms with Crippen molar-refractivity contribution in [2.75, 3.05) is 42.3 Å². The number of carbonyl (C=O) groups excluding carboxylic acids is 1. The summed E-state index contributed by atoms with van der Waals surface area (Å²) in [6, 6.07) is 17.1. The highest BCUT2D eigenvalue weighted by atomic mass is 35.5. The molecular formula is C20H20ClN5O2S. The number of amides is 1. The van der Waals surface area contributed by atoms with Crippen molar-refractivity contribution in [2.45, 2.75) is 5.16 Å². The van der Waals surface area contributed by atoms with E-state index >= 15 is 0 Å². The van der Waals surface area contributed by atoms with E-state index in [1.807, 2.05) is 47.0 Å². The molecule has 7 nitrogen and oxygen atoms in total. The Morgan fingerprint density at radius 3 is 2.55 bits per heavy atom. The van der Waals surface area contributed by atoms with E-state index in [1.165, 1.54) is 11.8 Å². The molecule has 3 aromatic rings. The number of halogens is 1. The minimum atomic E-state index is -0.154. The first kappa shape index (κ1) is 19.8. The van der Waals surface area contributed by atoms with Crippen molar-refractivity contribution in [1.29, 1.82) is 0 Å². The summed E-state index contributed by atoms with van der Waals surface area (Å²) in [5, 5.41) is 12.8. The topological polar surface area (TPSA) is 72.3 Å². The second-order valence-electron chi connectivity index (χ2n) is 6.37. The summed E-state index contributed by atoms with van der Waals surface area (Å²) in [5.74, 6) is 0.798. The molecule has 1 aliphatic heterocycles. The van der Waals surface area contributed by atoms with Gasteiger partial charge in [0.1, 0.15) is 0 Å². The van der Waals surface area contributed by atoms with Crippen LogP contribution in [0.1, 0.15) is 0 Å². The van der Waals surface area contributed by atoms with Crippen LogP contribution in [0.4, 0.5) is 11.6 Å². The van der Waals surface area contributed by atoms with Gasteiger partial charge in [-0.2, -0.15) is 0 Å². The first-order chi connectivity index (χ1) is 14.2. The molecule has 1 amide bonds. The second kappa shape index (κ2) is 9.30. The lowest BCUT2D eigenvalue weighted by Gasteiger charge is -2.27. The van der Waals surface area contributed by atoms with Crippen molar-refractivity contribution < 1.29 is 9.53 Å². The normalized spacial score (nSPS) is 14.0. The summed E-state index contributed by atoms with van der Waals surface area (Å²) >= 11 is 7.45. The number of para-hydroxylation sites is 2. The fourth-order valence-electron chi connectivity index (χ4n) is 3.01. The van der Waals surface area contributed by atoms with Crippen molar-refractivity contribution in [3.05, 3.63) is 59.6 Å². The Kier molecular flexibility index (Phi) is 6.33. The van der Waals surface area contributed by atoms with E-state index in [-0.39, 0.29) is 11.7 Å². The van der Waals surface area contributed by atoms with E-state index in [2.05, 4.69) is 20.4 Å². The number of anilines is 2. The average Bonchev–Trinajstić information content (AvgIpc) is 3.19. The minimum absolute atomic E-state index is 0.154. The number of morpholine rings is 1. The van der Waals surface area contributed by atoms with Crippen molar-refractivity contribution in [3.63, 3.8) is 0 Å². The summed E-state index contributed by atoms with van der Waals surface area (Å²) in [6.07, 6.45) is 0. The number of nitrogens with zero attached hydrogens (tertiary/aromatic N) is 4. The standard InChI is InChI=1S/C20H20ClN5O2S/c21-16-8-4-5-9-17(16)22-18(27)14-29-20-24-23-19(25-10-12-28-13-11-25)26(20)15-6-2-1-3-7-15/h1-9H,10-14H2,(H,22,27). The summed E-state index contributed by atoms with van der Waals surface area (Å²) in [7, 11) is 0. The number of rotatable bonds is 6. The number of ether oxygens (including phenoxy) is 1. The minimum Gasteiger partial charge on any atom is -0.378 e. The third-order valence-corrected chi connectivity index (χ3v) is 5.66. The number of carbonyl (C=O) groups is 1. The van der Waals surface area contributed by atoms with Gasteiger partial charge in [0.15, 0.2) is 5.16 Å². The molecule has 9 heteroatoms. The van der Waals surface area contributed by atoms with Crippen molar-refractivity contribution in [2.24, 2.45) is 0 Å². The van der Waals surface area contributed by atoms with Crippen LogP contribution in [-0.2, 0) is 9.53 Å². The Labute approximate surface area is 178 Å². The highest BCUT2D eigenvalue weighted by Gasteiger charge is 2.22. The van der Waals surface area contributed by atoms with Crippen LogP contribution in [-0.4, -0.2) is 52.7 Å². The molecule has 4 rings (SSSR count).